The lowest BCUT2D eigenvalue weighted by atomic mass is 10.1. The molecular weight excluding hydrogens is 266 g/mol. The molecule has 1 fully saturated rings. The molecule has 1 aromatic carbocycles. The van der Waals surface area contributed by atoms with Crippen LogP contribution in [0.25, 0.3) is 0 Å². The summed E-state index contributed by atoms with van der Waals surface area (Å²) in [5.41, 5.74) is 0.464. The molecule has 0 aromatic heterocycles. The van der Waals surface area contributed by atoms with Gasteiger partial charge in [-0.15, -0.1) is 0 Å². The molecule has 2 amide bonds. The fraction of sp³-hybridized carbons (Fsp3) is 0.429. The summed E-state index contributed by atoms with van der Waals surface area (Å²) in [5.74, 6) is -2.31. The zero-order chi connectivity index (χ0) is 14.7. The lowest BCUT2D eigenvalue weighted by Gasteiger charge is -2.15. The predicted molar refractivity (Wildman–Crippen MR) is 68.6 cm³/mol. The molecule has 0 saturated heterocycles. The van der Waals surface area contributed by atoms with Gasteiger partial charge >= 0.3 is 0 Å². The third kappa shape index (κ3) is 3.76. The molecule has 1 aliphatic rings. The van der Waals surface area contributed by atoms with Crippen LogP contribution in [0.4, 0.5) is 8.78 Å². The molecule has 2 N–H and O–H groups in total. The van der Waals surface area contributed by atoms with Gasteiger partial charge in [-0.1, -0.05) is 6.07 Å². The van der Waals surface area contributed by atoms with Crippen molar-refractivity contribution in [2.45, 2.75) is 25.8 Å². The lowest BCUT2D eigenvalue weighted by molar-refractivity contribution is -0.127. The molecule has 1 aliphatic carbocycles. The van der Waals surface area contributed by atoms with E-state index in [0.717, 1.165) is 25.0 Å². The standard InChI is InChI=1S/C14H16F2N2O2/c1-8(10-4-5-11(15)12(16)6-10)18-13(19)7-17-14(20)9-2-3-9/h4-6,8-9H,2-3,7H2,1H3,(H,17,20)(H,18,19). The van der Waals surface area contributed by atoms with Crippen molar-refractivity contribution in [1.29, 1.82) is 0 Å². The third-order valence-corrected chi connectivity index (χ3v) is 3.19. The average Bonchev–Trinajstić information content (AvgIpc) is 3.23. The summed E-state index contributed by atoms with van der Waals surface area (Å²) in [6.45, 7) is 1.55. The highest BCUT2D eigenvalue weighted by Crippen LogP contribution is 2.28. The van der Waals surface area contributed by atoms with Gasteiger partial charge in [0.05, 0.1) is 12.6 Å². The van der Waals surface area contributed by atoms with E-state index in [1.807, 2.05) is 0 Å². The Morgan fingerprint density at radius 2 is 2.00 bits per heavy atom. The Balaban J connectivity index is 1.83. The van der Waals surface area contributed by atoms with Crippen LogP contribution in [0.2, 0.25) is 0 Å². The Morgan fingerprint density at radius 3 is 2.60 bits per heavy atom. The second kappa shape index (κ2) is 5.98. The third-order valence-electron chi connectivity index (χ3n) is 3.19. The first kappa shape index (κ1) is 14.4. The summed E-state index contributed by atoms with van der Waals surface area (Å²) in [6.07, 6.45) is 1.75. The molecule has 1 atom stereocenters. The molecule has 0 bridgehead atoms. The van der Waals surface area contributed by atoms with Crippen molar-refractivity contribution in [2.24, 2.45) is 5.92 Å². The monoisotopic (exact) mass is 282 g/mol. The molecule has 1 saturated carbocycles. The van der Waals surface area contributed by atoms with Gasteiger partial charge in [-0.05, 0) is 37.5 Å². The van der Waals surface area contributed by atoms with E-state index in [1.54, 1.807) is 6.92 Å². The Hall–Kier alpha value is -1.98. The first-order chi connectivity index (χ1) is 9.47. The Labute approximate surface area is 115 Å². The molecule has 0 heterocycles. The zero-order valence-electron chi connectivity index (χ0n) is 11.1. The lowest BCUT2D eigenvalue weighted by Crippen LogP contribution is -2.38. The van der Waals surface area contributed by atoms with Crippen molar-refractivity contribution in [3.05, 3.63) is 35.4 Å². The van der Waals surface area contributed by atoms with E-state index < -0.39 is 17.7 Å². The largest absolute Gasteiger partial charge is 0.348 e. The van der Waals surface area contributed by atoms with Crippen LogP contribution < -0.4 is 10.6 Å². The fourth-order valence-corrected chi connectivity index (χ4v) is 1.81. The highest BCUT2D eigenvalue weighted by atomic mass is 19.2. The Bertz CT molecular complexity index is 530. The van der Waals surface area contributed by atoms with Crippen LogP contribution in [-0.2, 0) is 9.59 Å². The minimum atomic E-state index is -0.953. The van der Waals surface area contributed by atoms with E-state index in [1.165, 1.54) is 6.07 Å². The number of amides is 2. The molecule has 1 aromatic rings. The molecule has 20 heavy (non-hydrogen) atoms. The average molecular weight is 282 g/mol. The summed E-state index contributed by atoms with van der Waals surface area (Å²) in [7, 11) is 0. The van der Waals surface area contributed by atoms with Crippen molar-refractivity contribution in [2.75, 3.05) is 6.54 Å². The molecule has 0 aliphatic heterocycles. The smallest absolute Gasteiger partial charge is 0.239 e. The van der Waals surface area contributed by atoms with Crippen molar-refractivity contribution in [3.63, 3.8) is 0 Å². The first-order valence-corrected chi connectivity index (χ1v) is 6.49. The van der Waals surface area contributed by atoms with Gasteiger partial charge in [0.25, 0.3) is 0 Å². The summed E-state index contributed by atoms with van der Waals surface area (Å²) in [6, 6.07) is 3.01. The normalized spacial score (nSPS) is 15.6. The molecule has 108 valence electrons. The highest BCUT2D eigenvalue weighted by molar-refractivity contribution is 5.87. The minimum absolute atomic E-state index is 0.0476. The second-order valence-electron chi connectivity index (χ2n) is 4.95. The zero-order valence-corrected chi connectivity index (χ0v) is 11.1. The number of hydrogen-bond donors (Lipinski definition) is 2. The minimum Gasteiger partial charge on any atom is -0.348 e. The number of carbonyl (C=O) groups excluding carboxylic acids is 2. The molecule has 1 unspecified atom stereocenters. The quantitative estimate of drug-likeness (QED) is 0.863. The number of hydrogen-bond acceptors (Lipinski definition) is 2. The van der Waals surface area contributed by atoms with E-state index in [4.69, 9.17) is 0 Å². The second-order valence-corrected chi connectivity index (χ2v) is 4.95. The van der Waals surface area contributed by atoms with Gasteiger partial charge in [0, 0.05) is 5.92 Å². The van der Waals surface area contributed by atoms with Crippen molar-refractivity contribution in [1.82, 2.24) is 10.6 Å². The number of benzene rings is 1. The molecule has 0 spiro atoms. The van der Waals surface area contributed by atoms with E-state index in [9.17, 15) is 18.4 Å². The summed E-state index contributed by atoms with van der Waals surface area (Å²) in [5, 5.41) is 5.15. The molecular formula is C14H16F2N2O2. The van der Waals surface area contributed by atoms with Crippen LogP contribution in [0.1, 0.15) is 31.4 Å². The van der Waals surface area contributed by atoms with Crippen LogP contribution in [-0.4, -0.2) is 18.4 Å². The molecule has 0 radical (unpaired) electrons. The van der Waals surface area contributed by atoms with Gasteiger partial charge in [0.2, 0.25) is 11.8 Å². The van der Waals surface area contributed by atoms with Gasteiger partial charge in [0.1, 0.15) is 0 Å². The fourth-order valence-electron chi connectivity index (χ4n) is 1.81. The molecule has 6 heteroatoms. The Kier molecular flexibility index (Phi) is 4.32. The maximum Gasteiger partial charge on any atom is 0.239 e. The Morgan fingerprint density at radius 1 is 1.30 bits per heavy atom. The SMILES string of the molecule is CC(NC(=O)CNC(=O)C1CC1)c1ccc(F)c(F)c1. The van der Waals surface area contributed by atoms with E-state index in [0.29, 0.717) is 5.56 Å². The number of halogens is 2. The van der Waals surface area contributed by atoms with Crippen LogP contribution in [0, 0.1) is 17.6 Å². The molecule has 2 rings (SSSR count). The summed E-state index contributed by atoms with van der Waals surface area (Å²) < 4.78 is 25.9. The van der Waals surface area contributed by atoms with Crippen molar-refractivity contribution < 1.29 is 18.4 Å². The first-order valence-electron chi connectivity index (χ1n) is 6.49. The van der Waals surface area contributed by atoms with Crippen LogP contribution in [0.15, 0.2) is 18.2 Å². The van der Waals surface area contributed by atoms with Gasteiger partial charge in [-0.2, -0.15) is 0 Å². The molecule has 4 nitrogen and oxygen atoms in total. The predicted octanol–water partition coefficient (Wildman–Crippen LogP) is 1.67. The van der Waals surface area contributed by atoms with Crippen LogP contribution >= 0.6 is 0 Å². The van der Waals surface area contributed by atoms with Gasteiger partial charge in [-0.25, -0.2) is 8.78 Å². The summed E-state index contributed by atoms with van der Waals surface area (Å²) >= 11 is 0. The van der Waals surface area contributed by atoms with Gasteiger partial charge in [0.15, 0.2) is 11.6 Å². The maximum absolute atomic E-state index is 13.1. The van der Waals surface area contributed by atoms with Gasteiger partial charge in [-0.3, -0.25) is 9.59 Å². The maximum atomic E-state index is 13.1. The summed E-state index contributed by atoms with van der Waals surface area (Å²) in [4.78, 5) is 23.0. The number of carbonyl (C=O) groups is 2. The van der Waals surface area contributed by atoms with Crippen LogP contribution in [0.5, 0.6) is 0 Å². The van der Waals surface area contributed by atoms with E-state index in [2.05, 4.69) is 10.6 Å². The highest BCUT2D eigenvalue weighted by Gasteiger charge is 2.29. The number of nitrogens with one attached hydrogen (secondary N) is 2. The van der Waals surface area contributed by atoms with Crippen LogP contribution in [0.3, 0.4) is 0 Å². The number of rotatable bonds is 5. The van der Waals surface area contributed by atoms with Crippen molar-refractivity contribution >= 4 is 11.8 Å². The van der Waals surface area contributed by atoms with Gasteiger partial charge < -0.3 is 10.6 Å². The van der Waals surface area contributed by atoms with Crippen molar-refractivity contribution in [3.8, 4) is 0 Å². The van der Waals surface area contributed by atoms with E-state index >= 15 is 0 Å². The topological polar surface area (TPSA) is 58.2 Å². The van der Waals surface area contributed by atoms with E-state index in [-0.39, 0.29) is 24.3 Å².